The third-order valence-electron chi connectivity index (χ3n) is 6.90. The topological polar surface area (TPSA) is 60.7 Å². The first-order valence-electron chi connectivity index (χ1n) is 11.0. The molecule has 0 aliphatic heterocycles. The van der Waals surface area contributed by atoms with E-state index in [2.05, 4.69) is 0 Å². The Kier molecular flexibility index (Phi) is 6.01. The Balaban J connectivity index is 1.84. The highest BCUT2D eigenvalue weighted by Gasteiger charge is 2.33. The molecule has 0 radical (unpaired) electrons. The van der Waals surface area contributed by atoms with Crippen LogP contribution in [-0.2, 0) is 10.8 Å². The number of aromatic hydroxyl groups is 3. The molecule has 0 atom stereocenters. The SMILES string of the molecule is CC(C)(c1ccc(C(C)(c2ccc(O)c(F)c2)c2ccc(O)c(F)c2)cc1)c1ccc(F)c(O)c1. The van der Waals surface area contributed by atoms with Crippen LogP contribution in [0.25, 0.3) is 0 Å². The molecular formula is C29H25F3O3. The van der Waals surface area contributed by atoms with Gasteiger partial charge in [0, 0.05) is 10.8 Å². The Bertz CT molecular complexity index is 1340. The van der Waals surface area contributed by atoms with Gasteiger partial charge in [0.25, 0.3) is 0 Å². The van der Waals surface area contributed by atoms with Gasteiger partial charge in [-0.3, -0.25) is 0 Å². The fourth-order valence-corrected chi connectivity index (χ4v) is 4.42. The Labute approximate surface area is 201 Å². The van der Waals surface area contributed by atoms with Crippen LogP contribution >= 0.6 is 0 Å². The molecule has 0 aliphatic carbocycles. The largest absolute Gasteiger partial charge is 0.505 e. The standard InChI is InChI=1S/C29H25F3O3/c1-28(2,19-8-11-22(30)27(35)16-19)17-4-6-18(7-5-17)29(3,20-9-12-25(33)23(31)14-20)21-10-13-26(34)24(32)15-21/h4-16,33-35H,1-3H3. The van der Waals surface area contributed by atoms with E-state index in [1.54, 1.807) is 18.2 Å². The molecule has 0 aromatic heterocycles. The van der Waals surface area contributed by atoms with Crippen molar-refractivity contribution in [2.75, 3.05) is 0 Å². The lowest BCUT2D eigenvalue weighted by molar-refractivity contribution is 0.429. The van der Waals surface area contributed by atoms with Crippen LogP contribution < -0.4 is 0 Å². The molecule has 4 aromatic rings. The maximum Gasteiger partial charge on any atom is 0.165 e. The van der Waals surface area contributed by atoms with Crippen LogP contribution in [0.2, 0.25) is 0 Å². The van der Waals surface area contributed by atoms with E-state index in [1.165, 1.54) is 36.4 Å². The smallest absolute Gasteiger partial charge is 0.165 e. The molecule has 0 aliphatic rings. The summed E-state index contributed by atoms with van der Waals surface area (Å²) in [5.74, 6) is -3.72. The molecule has 6 heteroatoms. The van der Waals surface area contributed by atoms with Crippen LogP contribution in [0.3, 0.4) is 0 Å². The minimum absolute atomic E-state index is 0.427. The zero-order chi connectivity index (χ0) is 25.5. The fraction of sp³-hybridized carbons (Fsp3) is 0.172. The van der Waals surface area contributed by atoms with Gasteiger partial charge in [-0.1, -0.05) is 56.3 Å². The molecule has 0 saturated carbocycles. The number of benzene rings is 4. The number of halogens is 3. The van der Waals surface area contributed by atoms with E-state index in [9.17, 15) is 28.5 Å². The molecular weight excluding hydrogens is 453 g/mol. The van der Waals surface area contributed by atoms with Gasteiger partial charge in [0.1, 0.15) is 0 Å². The van der Waals surface area contributed by atoms with Crippen LogP contribution in [-0.4, -0.2) is 15.3 Å². The van der Waals surface area contributed by atoms with Crippen molar-refractivity contribution in [3.05, 3.63) is 124 Å². The maximum absolute atomic E-state index is 14.3. The van der Waals surface area contributed by atoms with Gasteiger partial charge in [0.15, 0.2) is 34.7 Å². The van der Waals surface area contributed by atoms with Crippen molar-refractivity contribution in [2.45, 2.75) is 31.6 Å². The molecule has 0 unspecified atom stereocenters. The number of hydrogen-bond donors (Lipinski definition) is 3. The monoisotopic (exact) mass is 478 g/mol. The van der Waals surface area contributed by atoms with Crippen molar-refractivity contribution in [2.24, 2.45) is 0 Å². The Hall–Kier alpha value is -3.93. The summed E-state index contributed by atoms with van der Waals surface area (Å²) in [4.78, 5) is 0. The van der Waals surface area contributed by atoms with Gasteiger partial charge in [-0.25, -0.2) is 13.2 Å². The van der Waals surface area contributed by atoms with Crippen molar-refractivity contribution in [1.82, 2.24) is 0 Å². The summed E-state index contributed by atoms with van der Waals surface area (Å²) in [7, 11) is 0. The molecule has 35 heavy (non-hydrogen) atoms. The van der Waals surface area contributed by atoms with E-state index >= 15 is 0 Å². The summed E-state index contributed by atoms with van der Waals surface area (Å²) in [6.45, 7) is 5.69. The summed E-state index contributed by atoms with van der Waals surface area (Å²) in [5, 5.41) is 29.2. The molecule has 3 nitrogen and oxygen atoms in total. The third-order valence-corrected chi connectivity index (χ3v) is 6.90. The zero-order valence-corrected chi connectivity index (χ0v) is 19.5. The maximum atomic E-state index is 14.3. The predicted molar refractivity (Wildman–Crippen MR) is 128 cm³/mol. The lowest BCUT2D eigenvalue weighted by Crippen LogP contribution is -2.26. The molecule has 4 rings (SSSR count). The minimum Gasteiger partial charge on any atom is -0.505 e. The summed E-state index contributed by atoms with van der Waals surface area (Å²) >= 11 is 0. The second-order valence-electron chi connectivity index (χ2n) is 9.33. The van der Waals surface area contributed by atoms with Gasteiger partial charge in [-0.15, -0.1) is 0 Å². The number of phenolic OH excluding ortho intramolecular Hbond substituents is 3. The average molecular weight is 479 g/mol. The normalized spacial score (nSPS) is 12.1. The first-order valence-corrected chi connectivity index (χ1v) is 11.0. The molecule has 0 amide bonds. The van der Waals surface area contributed by atoms with Crippen LogP contribution in [0.4, 0.5) is 13.2 Å². The van der Waals surface area contributed by atoms with Crippen molar-refractivity contribution in [3.8, 4) is 17.2 Å². The summed E-state index contributed by atoms with van der Waals surface area (Å²) < 4.78 is 42.3. The summed E-state index contributed by atoms with van der Waals surface area (Å²) in [5.41, 5.74) is 1.67. The van der Waals surface area contributed by atoms with Crippen LogP contribution in [0.1, 0.15) is 48.6 Å². The number of rotatable bonds is 5. The van der Waals surface area contributed by atoms with Crippen LogP contribution in [0, 0.1) is 17.5 Å². The number of hydrogen-bond acceptors (Lipinski definition) is 3. The first kappa shape index (κ1) is 24.2. The molecule has 4 aromatic carbocycles. The average Bonchev–Trinajstić information content (AvgIpc) is 2.83. The highest BCUT2D eigenvalue weighted by atomic mass is 19.1. The molecule has 0 heterocycles. The zero-order valence-electron chi connectivity index (χ0n) is 19.5. The van der Waals surface area contributed by atoms with E-state index in [0.717, 1.165) is 5.56 Å². The summed E-state index contributed by atoms with van der Waals surface area (Å²) in [6.07, 6.45) is 0. The molecule has 0 fully saturated rings. The van der Waals surface area contributed by atoms with Crippen LogP contribution in [0.5, 0.6) is 17.2 Å². The molecule has 180 valence electrons. The fourth-order valence-electron chi connectivity index (χ4n) is 4.42. The molecule has 0 saturated heterocycles. The second-order valence-corrected chi connectivity index (χ2v) is 9.33. The van der Waals surface area contributed by atoms with Gasteiger partial charge >= 0.3 is 0 Å². The van der Waals surface area contributed by atoms with E-state index in [-0.39, 0.29) is 0 Å². The predicted octanol–water partition coefficient (Wildman–Crippen LogP) is 6.90. The van der Waals surface area contributed by atoms with Crippen LogP contribution in [0.15, 0.2) is 78.9 Å². The van der Waals surface area contributed by atoms with Gasteiger partial charge in [-0.2, -0.15) is 0 Å². The van der Waals surface area contributed by atoms with Crippen molar-refractivity contribution in [3.63, 3.8) is 0 Å². The van der Waals surface area contributed by atoms with Crippen molar-refractivity contribution in [1.29, 1.82) is 0 Å². The Morgan fingerprint density at radius 2 is 0.886 bits per heavy atom. The third kappa shape index (κ3) is 4.20. The van der Waals surface area contributed by atoms with Gasteiger partial charge < -0.3 is 15.3 Å². The van der Waals surface area contributed by atoms with Crippen molar-refractivity contribution < 1.29 is 28.5 Å². The Morgan fingerprint density at radius 3 is 1.34 bits per heavy atom. The highest BCUT2D eigenvalue weighted by molar-refractivity contribution is 5.53. The van der Waals surface area contributed by atoms with Gasteiger partial charge in [0.05, 0.1) is 0 Å². The van der Waals surface area contributed by atoms with E-state index in [1.807, 2.05) is 45.0 Å². The molecule has 3 N–H and O–H groups in total. The van der Waals surface area contributed by atoms with E-state index < -0.39 is 45.5 Å². The molecule has 0 spiro atoms. The van der Waals surface area contributed by atoms with Crippen molar-refractivity contribution >= 4 is 0 Å². The quantitative estimate of drug-likeness (QED) is 0.274. The number of phenols is 3. The first-order chi connectivity index (χ1) is 16.4. The van der Waals surface area contributed by atoms with Gasteiger partial charge in [-0.05, 0) is 71.1 Å². The molecule has 0 bridgehead atoms. The highest BCUT2D eigenvalue weighted by Crippen LogP contribution is 2.42. The lowest BCUT2D eigenvalue weighted by atomic mass is 9.70. The van der Waals surface area contributed by atoms with E-state index in [4.69, 9.17) is 0 Å². The van der Waals surface area contributed by atoms with E-state index in [0.29, 0.717) is 22.3 Å². The second kappa shape index (κ2) is 8.69. The minimum atomic E-state index is -1.03. The van der Waals surface area contributed by atoms with Gasteiger partial charge in [0.2, 0.25) is 0 Å². The lowest BCUT2D eigenvalue weighted by Gasteiger charge is -2.33. The summed E-state index contributed by atoms with van der Waals surface area (Å²) in [6, 6.07) is 19.7. The Morgan fingerprint density at radius 1 is 0.457 bits per heavy atom.